The van der Waals surface area contributed by atoms with Crippen LogP contribution in [0.3, 0.4) is 0 Å². The monoisotopic (exact) mass is 351 g/mol. The molecule has 0 N–H and O–H groups in total. The molecule has 0 amide bonds. The average molecular weight is 351 g/mol. The number of hydrogen-bond acceptors (Lipinski definition) is 6. The molecule has 1 atom stereocenters. The Hall–Kier alpha value is -2.86. The van der Waals surface area contributed by atoms with Crippen molar-refractivity contribution >= 4 is 22.4 Å². The third-order valence-corrected chi connectivity index (χ3v) is 4.31. The Morgan fingerprint density at radius 1 is 1.12 bits per heavy atom. The highest BCUT2D eigenvalue weighted by molar-refractivity contribution is 7.13. The molecule has 2 aromatic carbocycles. The molecule has 0 aliphatic heterocycles. The maximum absolute atomic E-state index is 12.0. The fourth-order valence-electron chi connectivity index (χ4n) is 2.32. The zero-order valence-corrected chi connectivity index (χ0v) is 14.5. The average Bonchev–Trinajstić information content (AvgIpc) is 3.15. The van der Waals surface area contributed by atoms with Crippen molar-refractivity contribution < 1.29 is 9.53 Å². The number of carbonyl (C=O) groups excluding carboxylic acids is 1. The molecule has 1 aromatic heterocycles. The van der Waals surface area contributed by atoms with E-state index in [2.05, 4.69) is 15.2 Å². The highest BCUT2D eigenvalue weighted by atomic mass is 32.1. The van der Waals surface area contributed by atoms with Crippen LogP contribution in [-0.2, 0) is 16.0 Å². The second-order valence-electron chi connectivity index (χ2n) is 5.33. The van der Waals surface area contributed by atoms with Crippen molar-refractivity contribution in [3.63, 3.8) is 0 Å². The topological polar surface area (TPSA) is 63.9 Å². The zero-order chi connectivity index (χ0) is 17.5. The van der Waals surface area contributed by atoms with Crippen LogP contribution >= 0.6 is 11.3 Å². The fraction of sp³-hybridized carbons (Fsp3) is 0.158. The van der Waals surface area contributed by atoms with Crippen LogP contribution in [0.4, 0.5) is 5.13 Å². The molecule has 0 saturated heterocycles. The lowest BCUT2D eigenvalue weighted by Gasteiger charge is -2.08. The highest BCUT2D eigenvalue weighted by Gasteiger charge is 2.19. The summed E-state index contributed by atoms with van der Waals surface area (Å²) in [6, 6.07) is 18.8. The first-order valence-corrected chi connectivity index (χ1v) is 8.68. The summed E-state index contributed by atoms with van der Waals surface area (Å²) in [5, 5.41) is 10.8. The number of benzene rings is 2. The highest BCUT2D eigenvalue weighted by Crippen LogP contribution is 2.27. The fourth-order valence-corrected chi connectivity index (χ4v) is 2.97. The normalized spacial score (nSPS) is 12.2. The number of azo groups is 1. The van der Waals surface area contributed by atoms with Gasteiger partial charge in [0.2, 0.25) is 5.13 Å². The molecule has 126 valence electrons. The van der Waals surface area contributed by atoms with Gasteiger partial charge in [-0.1, -0.05) is 60.7 Å². The SMILES string of the molecule is COC(=O)C(Cc1ccccc1)N=Nc1nc(-c2ccccc2)cs1. The summed E-state index contributed by atoms with van der Waals surface area (Å²) in [7, 11) is 1.35. The summed E-state index contributed by atoms with van der Waals surface area (Å²) < 4.78 is 4.84. The molecule has 0 aliphatic carbocycles. The van der Waals surface area contributed by atoms with Gasteiger partial charge in [-0.2, -0.15) is 5.11 Å². The van der Waals surface area contributed by atoms with Crippen molar-refractivity contribution in [2.45, 2.75) is 12.5 Å². The molecule has 0 fully saturated rings. The first kappa shape index (κ1) is 17.0. The minimum Gasteiger partial charge on any atom is -0.467 e. The van der Waals surface area contributed by atoms with Gasteiger partial charge in [0.05, 0.1) is 12.8 Å². The van der Waals surface area contributed by atoms with Gasteiger partial charge >= 0.3 is 5.97 Å². The van der Waals surface area contributed by atoms with E-state index in [4.69, 9.17) is 4.74 Å². The second kappa shape index (κ2) is 8.30. The first-order valence-electron chi connectivity index (χ1n) is 7.80. The van der Waals surface area contributed by atoms with Gasteiger partial charge in [0.15, 0.2) is 6.04 Å². The summed E-state index contributed by atoms with van der Waals surface area (Å²) >= 11 is 1.39. The molecule has 6 heteroatoms. The van der Waals surface area contributed by atoms with Gasteiger partial charge in [0.1, 0.15) is 0 Å². The van der Waals surface area contributed by atoms with Gasteiger partial charge in [-0.05, 0) is 5.56 Å². The molecule has 3 rings (SSSR count). The summed E-state index contributed by atoms with van der Waals surface area (Å²) in [6.45, 7) is 0. The minimum absolute atomic E-state index is 0.410. The molecule has 0 aliphatic rings. The minimum atomic E-state index is -0.684. The van der Waals surface area contributed by atoms with Crippen molar-refractivity contribution in [3.05, 3.63) is 71.6 Å². The Balaban J connectivity index is 1.75. The standard InChI is InChI=1S/C19H17N3O2S/c1-24-18(23)16(12-14-8-4-2-5-9-14)21-22-19-20-17(13-25-19)15-10-6-3-7-11-15/h2-11,13,16H,12H2,1H3. The van der Waals surface area contributed by atoms with E-state index in [0.717, 1.165) is 16.8 Å². The number of nitrogens with zero attached hydrogens (tertiary/aromatic N) is 3. The smallest absolute Gasteiger partial charge is 0.332 e. The number of aromatic nitrogens is 1. The van der Waals surface area contributed by atoms with E-state index < -0.39 is 12.0 Å². The van der Waals surface area contributed by atoms with E-state index >= 15 is 0 Å². The molecular formula is C19H17N3O2S. The number of ether oxygens (including phenoxy) is 1. The number of esters is 1. The van der Waals surface area contributed by atoms with E-state index in [1.54, 1.807) is 0 Å². The lowest BCUT2D eigenvalue weighted by Crippen LogP contribution is -2.22. The summed E-state index contributed by atoms with van der Waals surface area (Å²) in [5.74, 6) is -0.410. The predicted molar refractivity (Wildman–Crippen MR) is 98.0 cm³/mol. The van der Waals surface area contributed by atoms with Crippen LogP contribution in [0.1, 0.15) is 5.56 Å². The van der Waals surface area contributed by atoms with Crippen LogP contribution in [0.25, 0.3) is 11.3 Å². The molecular weight excluding hydrogens is 334 g/mol. The van der Waals surface area contributed by atoms with E-state index in [1.165, 1.54) is 18.4 Å². The van der Waals surface area contributed by atoms with Gasteiger partial charge in [-0.25, -0.2) is 9.78 Å². The van der Waals surface area contributed by atoms with Crippen LogP contribution in [0.2, 0.25) is 0 Å². The molecule has 5 nitrogen and oxygen atoms in total. The van der Waals surface area contributed by atoms with Gasteiger partial charge in [0.25, 0.3) is 0 Å². The Morgan fingerprint density at radius 3 is 2.48 bits per heavy atom. The summed E-state index contributed by atoms with van der Waals surface area (Å²) in [4.78, 5) is 16.4. The van der Waals surface area contributed by atoms with Crippen LogP contribution in [0.5, 0.6) is 0 Å². The number of hydrogen-bond donors (Lipinski definition) is 0. The predicted octanol–water partition coefficient (Wildman–Crippen LogP) is 4.68. The molecule has 25 heavy (non-hydrogen) atoms. The molecule has 0 radical (unpaired) electrons. The van der Waals surface area contributed by atoms with Crippen LogP contribution in [0.15, 0.2) is 76.3 Å². The molecule has 0 bridgehead atoms. The molecule has 0 spiro atoms. The number of methoxy groups -OCH3 is 1. The summed E-state index contributed by atoms with van der Waals surface area (Å²) in [6.07, 6.45) is 0.438. The largest absolute Gasteiger partial charge is 0.467 e. The maximum Gasteiger partial charge on any atom is 0.332 e. The van der Waals surface area contributed by atoms with Crippen LogP contribution in [0, 0.1) is 0 Å². The van der Waals surface area contributed by atoms with Crippen molar-refractivity contribution in [2.75, 3.05) is 7.11 Å². The van der Waals surface area contributed by atoms with Gasteiger partial charge < -0.3 is 4.74 Å². The molecule has 1 heterocycles. The lowest BCUT2D eigenvalue weighted by atomic mass is 10.1. The van der Waals surface area contributed by atoms with Gasteiger partial charge in [-0.3, -0.25) is 0 Å². The van der Waals surface area contributed by atoms with Crippen molar-refractivity contribution in [3.8, 4) is 11.3 Å². The maximum atomic E-state index is 12.0. The van der Waals surface area contributed by atoms with E-state index in [0.29, 0.717) is 11.6 Å². The third-order valence-electron chi connectivity index (χ3n) is 3.59. The molecule has 1 unspecified atom stereocenters. The first-order chi connectivity index (χ1) is 12.3. The van der Waals surface area contributed by atoms with Crippen molar-refractivity contribution in [1.82, 2.24) is 4.98 Å². The quantitative estimate of drug-likeness (QED) is 0.478. The van der Waals surface area contributed by atoms with Gasteiger partial charge in [0, 0.05) is 17.4 Å². The Labute approximate surface area is 150 Å². The molecule has 3 aromatic rings. The Bertz CT molecular complexity index is 847. The molecule has 0 saturated carbocycles. The number of carbonyl (C=O) groups is 1. The zero-order valence-electron chi connectivity index (χ0n) is 13.7. The van der Waals surface area contributed by atoms with Crippen molar-refractivity contribution in [2.24, 2.45) is 10.2 Å². The van der Waals surface area contributed by atoms with Gasteiger partial charge in [-0.15, -0.1) is 16.5 Å². The number of thiazole rings is 1. The third kappa shape index (κ3) is 4.58. The Kier molecular flexibility index (Phi) is 5.64. The number of rotatable bonds is 6. The second-order valence-corrected chi connectivity index (χ2v) is 6.16. The summed E-state index contributed by atoms with van der Waals surface area (Å²) in [5.41, 5.74) is 2.87. The van der Waals surface area contributed by atoms with E-state index in [9.17, 15) is 4.79 Å². The van der Waals surface area contributed by atoms with Crippen LogP contribution in [-0.4, -0.2) is 24.1 Å². The van der Waals surface area contributed by atoms with E-state index in [1.807, 2.05) is 66.0 Å². The lowest BCUT2D eigenvalue weighted by molar-refractivity contribution is -0.142. The van der Waals surface area contributed by atoms with Crippen LogP contribution < -0.4 is 0 Å². The van der Waals surface area contributed by atoms with E-state index in [-0.39, 0.29) is 0 Å². The Morgan fingerprint density at radius 2 is 1.80 bits per heavy atom. The van der Waals surface area contributed by atoms with Crippen molar-refractivity contribution in [1.29, 1.82) is 0 Å².